The number of rotatable bonds is 4. The van der Waals surface area contributed by atoms with Crippen molar-refractivity contribution in [1.82, 2.24) is 4.90 Å². The van der Waals surface area contributed by atoms with E-state index < -0.39 is 12.1 Å². The van der Waals surface area contributed by atoms with Crippen molar-refractivity contribution in [1.29, 1.82) is 0 Å². The number of carbonyl (C=O) groups is 1. The van der Waals surface area contributed by atoms with E-state index in [0.29, 0.717) is 19.4 Å². The molecule has 19 heavy (non-hydrogen) atoms. The summed E-state index contributed by atoms with van der Waals surface area (Å²) >= 11 is 0. The van der Waals surface area contributed by atoms with Gasteiger partial charge >= 0.3 is 0 Å². The molecule has 0 bridgehead atoms. The number of likely N-dealkylation sites (tertiary alicyclic amines) is 1. The van der Waals surface area contributed by atoms with Gasteiger partial charge in [0.1, 0.15) is 0 Å². The predicted octanol–water partition coefficient (Wildman–Crippen LogP) is 1.05. The molecule has 2 rings (SSSR count). The molecule has 4 heteroatoms. The Morgan fingerprint density at radius 3 is 2.79 bits per heavy atom. The van der Waals surface area contributed by atoms with Gasteiger partial charge in [-0.05, 0) is 31.2 Å². The standard InChI is InChI=1S/C15H19N2O2/c16-14(10-12-6-2-1-3-7-12)15(19)17-9-5-4-8-13(17)11-18/h1-3,6-7,13-14H,4-5,8-10,16H2/t13?,14-/m1/s1. The van der Waals surface area contributed by atoms with E-state index in [2.05, 4.69) is 0 Å². The number of nitrogens with zero attached hydrogens (tertiary/aromatic N) is 1. The first kappa shape index (κ1) is 13.7. The highest BCUT2D eigenvalue weighted by Gasteiger charge is 2.30. The molecule has 1 saturated heterocycles. The summed E-state index contributed by atoms with van der Waals surface area (Å²) in [5.74, 6) is -0.142. The molecule has 1 fully saturated rings. The van der Waals surface area contributed by atoms with Gasteiger partial charge in [0.15, 0.2) is 0 Å². The molecule has 1 aliphatic heterocycles. The van der Waals surface area contributed by atoms with Crippen molar-refractivity contribution < 1.29 is 9.59 Å². The molecule has 0 aromatic heterocycles. The second-order valence-corrected chi connectivity index (χ2v) is 4.96. The fraction of sp³-hybridized carbons (Fsp3) is 0.467. The van der Waals surface area contributed by atoms with Crippen molar-refractivity contribution in [2.45, 2.75) is 37.8 Å². The summed E-state index contributed by atoms with van der Waals surface area (Å²) in [7, 11) is 0. The molecule has 101 valence electrons. The molecule has 1 unspecified atom stereocenters. The quantitative estimate of drug-likeness (QED) is 0.879. The summed E-state index contributed by atoms with van der Waals surface area (Å²) in [5, 5.41) is 0. The van der Waals surface area contributed by atoms with Crippen LogP contribution in [0.1, 0.15) is 24.8 Å². The van der Waals surface area contributed by atoms with Gasteiger partial charge in [-0.25, -0.2) is 0 Å². The molecular formula is C15H19N2O2. The van der Waals surface area contributed by atoms with E-state index in [4.69, 9.17) is 5.73 Å². The summed E-state index contributed by atoms with van der Waals surface area (Å²) in [6.45, 7) is 0.612. The van der Waals surface area contributed by atoms with Crippen LogP contribution >= 0.6 is 0 Å². The third-order valence-corrected chi connectivity index (χ3v) is 3.54. The summed E-state index contributed by atoms with van der Waals surface area (Å²) in [5.41, 5.74) is 7.01. The lowest BCUT2D eigenvalue weighted by molar-refractivity contribution is -0.134. The van der Waals surface area contributed by atoms with Crippen LogP contribution in [0.25, 0.3) is 0 Å². The van der Waals surface area contributed by atoms with Crippen LogP contribution in [0, 0.1) is 0 Å². The van der Waals surface area contributed by atoms with E-state index in [-0.39, 0.29) is 5.91 Å². The highest BCUT2D eigenvalue weighted by molar-refractivity contribution is 5.84. The van der Waals surface area contributed by atoms with Crippen molar-refractivity contribution in [3.63, 3.8) is 0 Å². The maximum atomic E-state index is 12.3. The van der Waals surface area contributed by atoms with Crippen LogP contribution in [0.15, 0.2) is 30.3 Å². The Morgan fingerprint density at radius 1 is 1.37 bits per heavy atom. The van der Waals surface area contributed by atoms with Gasteiger partial charge in [-0.1, -0.05) is 30.3 Å². The summed E-state index contributed by atoms with van der Waals surface area (Å²) in [6, 6.07) is 8.68. The van der Waals surface area contributed by atoms with Crippen LogP contribution in [-0.4, -0.2) is 35.7 Å². The molecule has 2 atom stereocenters. The van der Waals surface area contributed by atoms with Gasteiger partial charge < -0.3 is 10.6 Å². The molecular weight excluding hydrogens is 240 g/mol. The Balaban J connectivity index is 2.00. The number of hydrogen-bond acceptors (Lipinski definition) is 3. The lowest BCUT2D eigenvalue weighted by Crippen LogP contribution is -2.52. The minimum absolute atomic E-state index is 0.142. The Kier molecular flexibility index (Phi) is 4.68. The first-order valence-corrected chi connectivity index (χ1v) is 6.70. The molecule has 1 aliphatic rings. The van der Waals surface area contributed by atoms with Crippen molar-refractivity contribution in [2.75, 3.05) is 6.54 Å². The van der Waals surface area contributed by atoms with E-state index in [9.17, 15) is 9.59 Å². The average Bonchev–Trinajstić information content (AvgIpc) is 2.47. The molecule has 4 nitrogen and oxygen atoms in total. The Labute approximate surface area is 113 Å². The number of piperidine rings is 1. The number of carbonyl (C=O) groups excluding carboxylic acids is 2. The van der Waals surface area contributed by atoms with Crippen LogP contribution in [0.5, 0.6) is 0 Å². The Bertz CT molecular complexity index is 433. The van der Waals surface area contributed by atoms with Gasteiger partial charge in [0, 0.05) is 6.54 Å². The van der Waals surface area contributed by atoms with E-state index in [1.165, 1.54) is 0 Å². The van der Waals surface area contributed by atoms with Gasteiger partial charge in [0.2, 0.25) is 12.2 Å². The van der Waals surface area contributed by atoms with Crippen LogP contribution in [0.3, 0.4) is 0 Å². The molecule has 2 N–H and O–H groups in total. The fourth-order valence-electron chi connectivity index (χ4n) is 2.49. The zero-order valence-electron chi connectivity index (χ0n) is 10.9. The first-order chi connectivity index (χ1) is 9.22. The predicted molar refractivity (Wildman–Crippen MR) is 73.2 cm³/mol. The third-order valence-electron chi connectivity index (χ3n) is 3.54. The van der Waals surface area contributed by atoms with Gasteiger partial charge in [-0.2, -0.15) is 0 Å². The second kappa shape index (κ2) is 6.48. The van der Waals surface area contributed by atoms with E-state index >= 15 is 0 Å². The third kappa shape index (κ3) is 3.41. The second-order valence-electron chi connectivity index (χ2n) is 4.96. The van der Waals surface area contributed by atoms with Gasteiger partial charge in [-0.15, -0.1) is 0 Å². The Morgan fingerprint density at radius 2 is 2.11 bits per heavy atom. The first-order valence-electron chi connectivity index (χ1n) is 6.70. The zero-order chi connectivity index (χ0) is 13.7. The number of hydrogen-bond donors (Lipinski definition) is 1. The molecule has 1 aromatic rings. The van der Waals surface area contributed by atoms with Crippen molar-refractivity contribution >= 4 is 12.2 Å². The monoisotopic (exact) mass is 259 g/mol. The van der Waals surface area contributed by atoms with Crippen molar-refractivity contribution in [2.24, 2.45) is 5.73 Å². The largest absolute Gasteiger partial charge is 0.331 e. The lowest BCUT2D eigenvalue weighted by atomic mass is 10.00. The van der Waals surface area contributed by atoms with Crippen molar-refractivity contribution in [3.8, 4) is 0 Å². The number of amides is 1. The molecule has 0 aliphatic carbocycles. The van der Waals surface area contributed by atoms with Gasteiger partial charge in [0.25, 0.3) is 0 Å². The SMILES string of the molecule is N[C@H](Cc1ccccc1)C(=O)N1CCCCC1[C]=O. The highest BCUT2D eigenvalue weighted by Crippen LogP contribution is 2.17. The van der Waals surface area contributed by atoms with Crippen LogP contribution < -0.4 is 5.73 Å². The van der Waals surface area contributed by atoms with Crippen molar-refractivity contribution in [3.05, 3.63) is 35.9 Å². The minimum atomic E-state index is -0.587. The summed E-state index contributed by atoms with van der Waals surface area (Å²) < 4.78 is 0. The maximum absolute atomic E-state index is 12.3. The molecule has 1 heterocycles. The number of benzene rings is 1. The van der Waals surface area contributed by atoms with E-state index in [1.54, 1.807) is 4.90 Å². The van der Waals surface area contributed by atoms with E-state index in [1.807, 2.05) is 36.6 Å². The minimum Gasteiger partial charge on any atom is -0.331 e. The topological polar surface area (TPSA) is 63.4 Å². The van der Waals surface area contributed by atoms with Crippen LogP contribution in [-0.2, 0) is 16.0 Å². The maximum Gasteiger partial charge on any atom is 0.240 e. The number of nitrogens with two attached hydrogens (primary N) is 1. The average molecular weight is 259 g/mol. The molecule has 1 radical (unpaired) electrons. The van der Waals surface area contributed by atoms with Gasteiger partial charge in [0.05, 0.1) is 12.1 Å². The molecule has 1 aromatic carbocycles. The normalized spacial score (nSPS) is 20.9. The summed E-state index contributed by atoms with van der Waals surface area (Å²) in [6.07, 6.45) is 5.06. The smallest absolute Gasteiger partial charge is 0.240 e. The highest BCUT2D eigenvalue weighted by atomic mass is 16.2. The van der Waals surface area contributed by atoms with E-state index in [0.717, 1.165) is 18.4 Å². The van der Waals surface area contributed by atoms with Gasteiger partial charge in [-0.3, -0.25) is 9.59 Å². The lowest BCUT2D eigenvalue weighted by Gasteiger charge is -2.33. The molecule has 0 saturated carbocycles. The van der Waals surface area contributed by atoms with Crippen LogP contribution in [0.2, 0.25) is 0 Å². The fourth-order valence-corrected chi connectivity index (χ4v) is 2.49. The molecule has 1 amide bonds. The van der Waals surface area contributed by atoms with Crippen LogP contribution in [0.4, 0.5) is 0 Å². The Hall–Kier alpha value is -1.68. The molecule has 0 spiro atoms. The zero-order valence-corrected chi connectivity index (χ0v) is 10.9. The summed E-state index contributed by atoms with van der Waals surface area (Å²) in [4.78, 5) is 24.8.